The fraction of sp³-hybridized carbons (Fsp3) is 0.364. The molecule has 0 aromatic heterocycles. The normalized spacial score (nSPS) is 11.1. The Hall–Kier alpha value is -1.72. The zero-order valence-electron chi connectivity index (χ0n) is 9.39. The van der Waals surface area contributed by atoms with Crippen LogP contribution in [0.1, 0.15) is 11.1 Å². The lowest BCUT2D eigenvalue weighted by Crippen LogP contribution is -2.25. The van der Waals surface area contributed by atoms with Crippen molar-refractivity contribution in [2.24, 2.45) is 0 Å². The van der Waals surface area contributed by atoms with Gasteiger partial charge >= 0.3 is 6.18 Å². The summed E-state index contributed by atoms with van der Waals surface area (Å²) in [5.41, 5.74) is -0.397. The average Bonchev–Trinajstić information content (AvgIpc) is 2.25. The van der Waals surface area contributed by atoms with E-state index in [1.165, 1.54) is 19.2 Å². The number of carbonyl (C=O) groups excluding carboxylic acids is 1. The lowest BCUT2D eigenvalue weighted by atomic mass is 10.1. The Morgan fingerprint density at radius 3 is 2.59 bits per heavy atom. The molecule has 0 fully saturated rings. The van der Waals surface area contributed by atoms with E-state index in [0.717, 1.165) is 6.07 Å². The Bertz CT molecular complexity index is 416. The first-order valence-electron chi connectivity index (χ1n) is 4.86. The monoisotopic (exact) mass is 247 g/mol. The summed E-state index contributed by atoms with van der Waals surface area (Å²) in [6, 6.07) is 3.69. The van der Waals surface area contributed by atoms with E-state index in [-0.39, 0.29) is 5.75 Å². The topological polar surface area (TPSA) is 38.3 Å². The molecular formula is C11H12F3NO2. The molecule has 1 N–H and O–H groups in total. The lowest BCUT2D eigenvalue weighted by molar-refractivity contribution is -0.139. The van der Waals surface area contributed by atoms with E-state index in [2.05, 4.69) is 5.32 Å². The van der Waals surface area contributed by atoms with Gasteiger partial charge in [0.1, 0.15) is 5.75 Å². The van der Waals surface area contributed by atoms with Gasteiger partial charge in [-0.2, -0.15) is 13.2 Å². The molecule has 0 aliphatic heterocycles. The molecular weight excluding hydrogens is 235 g/mol. The summed E-state index contributed by atoms with van der Waals surface area (Å²) in [7, 11) is 1.38. The summed E-state index contributed by atoms with van der Waals surface area (Å²) in [6.07, 6.45) is -4.50. The van der Waals surface area contributed by atoms with Gasteiger partial charge in [0.25, 0.3) is 5.91 Å². The molecule has 0 aliphatic rings. The largest absolute Gasteiger partial charge is 0.483 e. The Balaban J connectivity index is 2.95. The third-order valence-electron chi connectivity index (χ3n) is 2.08. The van der Waals surface area contributed by atoms with Crippen molar-refractivity contribution in [2.45, 2.75) is 13.1 Å². The molecule has 0 radical (unpaired) electrons. The highest BCUT2D eigenvalue weighted by Crippen LogP contribution is 2.36. The van der Waals surface area contributed by atoms with E-state index >= 15 is 0 Å². The van der Waals surface area contributed by atoms with Crippen molar-refractivity contribution in [3.8, 4) is 5.75 Å². The number of alkyl halides is 3. The molecule has 1 rings (SSSR count). The number of halogens is 3. The zero-order valence-corrected chi connectivity index (χ0v) is 9.39. The molecule has 0 saturated heterocycles. The molecule has 0 unspecified atom stereocenters. The number of hydrogen-bond acceptors (Lipinski definition) is 2. The van der Waals surface area contributed by atoms with E-state index in [0.29, 0.717) is 5.56 Å². The van der Waals surface area contributed by atoms with Crippen molar-refractivity contribution in [3.05, 3.63) is 29.3 Å². The van der Waals surface area contributed by atoms with Crippen LogP contribution in [0.15, 0.2) is 18.2 Å². The molecule has 1 aromatic carbocycles. The number of benzene rings is 1. The maximum Gasteiger partial charge on any atom is 0.419 e. The Morgan fingerprint density at radius 2 is 2.06 bits per heavy atom. The maximum atomic E-state index is 12.7. The van der Waals surface area contributed by atoms with Crippen molar-refractivity contribution in [1.29, 1.82) is 0 Å². The van der Waals surface area contributed by atoms with Gasteiger partial charge in [0.15, 0.2) is 6.61 Å². The van der Waals surface area contributed by atoms with Gasteiger partial charge in [-0.1, -0.05) is 11.6 Å². The minimum absolute atomic E-state index is 0.341. The van der Waals surface area contributed by atoms with Gasteiger partial charge in [-0.3, -0.25) is 4.79 Å². The molecule has 1 amide bonds. The first-order valence-corrected chi connectivity index (χ1v) is 4.86. The van der Waals surface area contributed by atoms with Crippen LogP contribution in [0.4, 0.5) is 13.2 Å². The van der Waals surface area contributed by atoms with Gasteiger partial charge in [0.05, 0.1) is 5.56 Å². The fourth-order valence-electron chi connectivity index (χ4n) is 1.21. The van der Waals surface area contributed by atoms with Crippen molar-refractivity contribution >= 4 is 5.91 Å². The van der Waals surface area contributed by atoms with Crippen LogP contribution >= 0.6 is 0 Å². The highest BCUT2D eigenvalue weighted by Gasteiger charge is 2.34. The fourth-order valence-corrected chi connectivity index (χ4v) is 1.21. The number of rotatable bonds is 3. The number of ether oxygens (including phenoxy) is 1. The second-order valence-electron chi connectivity index (χ2n) is 3.46. The smallest absolute Gasteiger partial charge is 0.419 e. The molecule has 94 valence electrons. The minimum atomic E-state index is -4.50. The standard InChI is InChI=1S/C11H12F3NO2/c1-7-3-4-9(17-6-10(16)15-2)8(5-7)11(12,13)14/h3-5H,6H2,1-2H3,(H,15,16). The van der Waals surface area contributed by atoms with Crippen molar-refractivity contribution in [3.63, 3.8) is 0 Å². The summed E-state index contributed by atoms with van der Waals surface area (Å²) in [6.45, 7) is 1.11. The third kappa shape index (κ3) is 3.65. The average molecular weight is 247 g/mol. The lowest BCUT2D eigenvalue weighted by Gasteiger charge is -2.14. The molecule has 0 saturated carbocycles. The van der Waals surface area contributed by atoms with E-state index in [1.54, 1.807) is 6.92 Å². The van der Waals surface area contributed by atoms with Crippen LogP contribution in [-0.2, 0) is 11.0 Å². The summed E-state index contributed by atoms with van der Waals surface area (Å²) in [5.74, 6) is -0.828. The van der Waals surface area contributed by atoms with Gasteiger partial charge in [-0.25, -0.2) is 0 Å². The van der Waals surface area contributed by atoms with E-state index in [4.69, 9.17) is 4.74 Å². The van der Waals surface area contributed by atoms with Gasteiger partial charge in [-0.15, -0.1) is 0 Å². The molecule has 3 nitrogen and oxygen atoms in total. The van der Waals surface area contributed by atoms with Crippen LogP contribution in [0, 0.1) is 6.92 Å². The molecule has 0 bridgehead atoms. The predicted molar refractivity (Wildman–Crippen MR) is 55.7 cm³/mol. The molecule has 0 atom stereocenters. The predicted octanol–water partition coefficient (Wildman–Crippen LogP) is 2.14. The van der Waals surface area contributed by atoms with E-state index < -0.39 is 24.3 Å². The quantitative estimate of drug-likeness (QED) is 0.888. The summed E-state index contributed by atoms with van der Waals surface area (Å²) < 4.78 is 42.8. The van der Waals surface area contributed by atoms with Crippen molar-refractivity contribution in [1.82, 2.24) is 5.32 Å². The first-order chi connectivity index (χ1) is 7.84. The van der Waals surface area contributed by atoms with Crippen LogP contribution < -0.4 is 10.1 Å². The number of nitrogens with one attached hydrogen (secondary N) is 1. The second kappa shape index (κ2) is 5.07. The summed E-state index contributed by atoms with van der Waals surface area (Å²) in [4.78, 5) is 10.9. The number of carbonyl (C=O) groups is 1. The van der Waals surface area contributed by atoms with Crippen LogP contribution in [0.3, 0.4) is 0 Å². The molecule has 0 aliphatic carbocycles. The number of aryl methyl sites for hydroxylation is 1. The molecule has 0 heterocycles. The van der Waals surface area contributed by atoms with Crippen LogP contribution in [0.2, 0.25) is 0 Å². The van der Waals surface area contributed by atoms with E-state index in [1.807, 2.05) is 0 Å². The highest BCUT2D eigenvalue weighted by molar-refractivity contribution is 5.77. The number of likely N-dealkylation sites (N-methyl/N-ethyl adjacent to an activating group) is 1. The van der Waals surface area contributed by atoms with Gasteiger partial charge in [-0.05, 0) is 19.1 Å². The summed E-state index contributed by atoms with van der Waals surface area (Å²) >= 11 is 0. The first kappa shape index (κ1) is 13.3. The van der Waals surface area contributed by atoms with Crippen LogP contribution in [0.25, 0.3) is 0 Å². The van der Waals surface area contributed by atoms with Crippen LogP contribution in [0.5, 0.6) is 5.75 Å². The zero-order chi connectivity index (χ0) is 13.1. The molecule has 1 aromatic rings. The maximum absolute atomic E-state index is 12.7. The van der Waals surface area contributed by atoms with E-state index in [9.17, 15) is 18.0 Å². The van der Waals surface area contributed by atoms with Gasteiger partial charge < -0.3 is 10.1 Å². The third-order valence-corrected chi connectivity index (χ3v) is 2.08. The minimum Gasteiger partial charge on any atom is -0.483 e. The van der Waals surface area contributed by atoms with Gasteiger partial charge in [0, 0.05) is 7.05 Å². The SMILES string of the molecule is CNC(=O)COc1ccc(C)cc1C(F)(F)F. The molecule has 0 spiro atoms. The Morgan fingerprint density at radius 1 is 1.41 bits per heavy atom. The molecule has 17 heavy (non-hydrogen) atoms. The van der Waals surface area contributed by atoms with Gasteiger partial charge in [0.2, 0.25) is 0 Å². The Labute approximate surface area is 96.6 Å². The number of hydrogen-bond donors (Lipinski definition) is 1. The Kier molecular flexibility index (Phi) is 3.98. The van der Waals surface area contributed by atoms with Crippen LogP contribution in [-0.4, -0.2) is 19.6 Å². The highest BCUT2D eigenvalue weighted by atomic mass is 19.4. The summed E-state index contributed by atoms with van der Waals surface area (Å²) in [5, 5.41) is 2.26. The number of amides is 1. The molecule has 6 heteroatoms. The van der Waals surface area contributed by atoms with Crippen molar-refractivity contribution < 1.29 is 22.7 Å². The van der Waals surface area contributed by atoms with Crippen molar-refractivity contribution in [2.75, 3.05) is 13.7 Å². The second-order valence-corrected chi connectivity index (χ2v) is 3.46.